The van der Waals surface area contributed by atoms with Gasteiger partial charge >= 0.3 is 5.97 Å². The summed E-state index contributed by atoms with van der Waals surface area (Å²) in [5, 5.41) is 13.1. The van der Waals surface area contributed by atoms with Gasteiger partial charge in [-0.1, -0.05) is 0 Å². The number of nitrogens with one attached hydrogen (secondary N) is 2. The minimum atomic E-state index is -1.27. The molecule has 3 atom stereocenters. The third-order valence-corrected chi connectivity index (χ3v) is 2.80. The summed E-state index contributed by atoms with van der Waals surface area (Å²) in [6.07, 6.45) is -0.797. The Hall–Kier alpha value is -2.69. The maximum Gasteiger partial charge on any atom is 0.325 e. The molecule has 0 rings (SSSR count). The molecule has 0 aliphatic rings. The molecule has 0 aliphatic heterocycles. The highest BCUT2D eigenvalue weighted by Gasteiger charge is 2.26. The van der Waals surface area contributed by atoms with Crippen LogP contribution in [0.5, 0.6) is 0 Å². The van der Waals surface area contributed by atoms with Crippen LogP contribution in [0.3, 0.4) is 0 Å². The molecule has 0 aromatic heterocycles. The number of rotatable bonds is 10. The molecule has 0 heterocycles. The number of aliphatic carboxylic acids is 1. The number of amides is 4. The van der Waals surface area contributed by atoms with Crippen molar-refractivity contribution < 1.29 is 29.1 Å². The fourth-order valence-corrected chi connectivity index (χ4v) is 1.52. The van der Waals surface area contributed by atoms with Gasteiger partial charge in [-0.2, -0.15) is 0 Å². The minimum absolute atomic E-state index is 0.150. The van der Waals surface area contributed by atoms with E-state index in [1.165, 1.54) is 6.92 Å². The molecular formula is C12H21N5O6. The van der Waals surface area contributed by atoms with Gasteiger partial charge in [0.2, 0.25) is 23.6 Å². The van der Waals surface area contributed by atoms with E-state index in [9.17, 15) is 24.0 Å². The Morgan fingerprint density at radius 3 is 2.00 bits per heavy atom. The van der Waals surface area contributed by atoms with E-state index in [-0.39, 0.29) is 12.8 Å². The summed E-state index contributed by atoms with van der Waals surface area (Å²) in [6, 6.07) is -3.70. The predicted octanol–water partition coefficient (Wildman–Crippen LogP) is -3.47. The summed E-state index contributed by atoms with van der Waals surface area (Å²) < 4.78 is 0. The highest BCUT2D eigenvalue weighted by Crippen LogP contribution is 2.00. The van der Waals surface area contributed by atoms with Crippen LogP contribution in [0.1, 0.15) is 26.2 Å². The Bertz CT molecular complexity index is 494. The zero-order valence-electron chi connectivity index (χ0n) is 12.6. The van der Waals surface area contributed by atoms with Gasteiger partial charge < -0.3 is 32.9 Å². The summed E-state index contributed by atoms with van der Waals surface area (Å²) in [5.41, 5.74) is 15.3. The monoisotopic (exact) mass is 331 g/mol. The van der Waals surface area contributed by atoms with Gasteiger partial charge in [0.15, 0.2) is 0 Å². The lowest BCUT2D eigenvalue weighted by Gasteiger charge is -2.21. The van der Waals surface area contributed by atoms with Crippen LogP contribution in [0.4, 0.5) is 0 Å². The molecule has 130 valence electrons. The van der Waals surface area contributed by atoms with Crippen LogP contribution in [0, 0.1) is 0 Å². The van der Waals surface area contributed by atoms with E-state index >= 15 is 0 Å². The molecule has 0 spiro atoms. The zero-order chi connectivity index (χ0) is 18.2. The van der Waals surface area contributed by atoms with Gasteiger partial charge in [-0.3, -0.25) is 24.0 Å². The first-order valence-electron chi connectivity index (χ1n) is 6.70. The Labute approximate surface area is 131 Å². The maximum absolute atomic E-state index is 12.0. The van der Waals surface area contributed by atoms with Gasteiger partial charge in [0.25, 0.3) is 0 Å². The average Bonchev–Trinajstić information content (AvgIpc) is 2.41. The van der Waals surface area contributed by atoms with Crippen molar-refractivity contribution in [2.75, 3.05) is 0 Å². The Morgan fingerprint density at radius 2 is 1.57 bits per heavy atom. The van der Waals surface area contributed by atoms with E-state index in [2.05, 4.69) is 10.6 Å². The number of carboxylic acids is 1. The van der Waals surface area contributed by atoms with Crippen molar-refractivity contribution in [2.24, 2.45) is 17.2 Å². The first-order valence-corrected chi connectivity index (χ1v) is 6.70. The fourth-order valence-electron chi connectivity index (χ4n) is 1.52. The fraction of sp³-hybridized carbons (Fsp3) is 0.583. The number of hydrogen-bond acceptors (Lipinski definition) is 6. The second-order valence-corrected chi connectivity index (χ2v) is 4.91. The molecule has 23 heavy (non-hydrogen) atoms. The van der Waals surface area contributed by atoms with Crippen molar-refractivity contribution in [1.29, 1.82) is 0 Å². The Kier molecular flexibility index (Phi) is 8.26. The van der Waals surface area contributed by atoms with E-state index in [4.69, 9.17) is 22.3 Å². The van der Waals surface area contributed by atoms with Crippen LogP contribution in [0.25, 0.3) is 0 Å². The second-order valence-electron chi connectivity index (χ2n) is 4.91. The van der Waals surface area contributed by atoms with E-state index < -0.39 is 54.1 Å². The molecule has 3 unspecified atom stereocenters. The normalized spacial score (nSPS) is 14.2. The molecule has 11 nitrogen and oxygen atoms in total. The molecule has 0 aliphatic carbocycles. The molecule has 0 bridgehead atoms. The van der Waals surface area contributed by atoms with Gasteiger partial charge in [0.1, 0.15) is 12.1 Å². The van der Waals surface area contributed by atoms with E-state index in [0.29, 0.717) is 0 Å². The molecule has 0 radical (unpaired) electrons. The van der Waals surface area contributed by atoms with Crippen molar-refractivity contribution >= 4 is 29.6 Å². The van der Waals surface area contributed by atoms with Crippen LogP contribution >= 0.6 is 0 Å². The predicted molar refractivity (Wildman–Crippen MR) is 77.4 cm³/mol. The van der Waals surface area contributed by atoms with Gasteiger partial charge in [-0.05, 0) is 13.3 Å². The molecule has 11 heteroatoms. The van der Waals surface area contributed by atoms with Crippen molar-refractivity contribution in [1.82, 2.24) is 10.6 Å². The standard InChI is InChI=1S/C12H21N5O6/c1-5(12(22)23)16-11(21)7(2-3-8(14)18)17-10(20)6(13)4-9(15)19/h5-7H,2-4,13H2,1H3,(H2,14,18)(H2,15,19)(H,16,21)(H,17,20)(H,22,23). The lowest BCUT2D eigenvalue weighted by atomic mass is 10.1. The van der Waals surface area contributed by atoms with Crippen LogP contribution in [0.2, 0.25) is 0 Å². The molecular weight excluding hydrogens is 310 g/mol. The van der Waals surface area contributed by atoms with Gasteiger partial charge in [-0.25, -0.2) is 0 Å². The summed E-state index contributed by atoms with van der Waals surface area (Å²) in [6.45, 7) is 1.23. The average molecular weight is 331 g/mol. The van der Waals surface area contributed by atoms with Crippen LogP contribution < -0.4 is 27.8 Å². The largest absolute Gasteiger partial charge is 0.480 e. The maximum atomic E-state index is 12.0. The number of carbonyl (C=O) groups excluding carboxylic acids is 4. The van der Waals surface area contributed by atoms with E-state index in [1.807, 2.05) is 0 Å². The van der Waals surface area contributed by atoms with Gasteiger partial charge in [0.05, 0.1) is 12.5 Å². The molecule has 0 aromatic rings. The second kappa shape index (κ2) is 9.35. The van der Waals surface area contributed by atoms with Crippen molar-refractivity contribution in [3.8, 4) is 0 Å². The highest BCUT2D eigenvalue weighted by atomic mass is 16.4. The quantitative estimate of drug-likeness (QED) is 0.238. The van der Waals surface area contributed by atoms with Gasteiger partial charge in [-0.15, -0.1) is 0 Å². The van der Waals surface area contributed by atoms with Crippen molar-refractivity contribution in [3.05, 3.63) is 0 Å². The van der Waals surface area contributed by atoms with E-state index in [0.717, 1.165) is 0 Å². The smallest absolute Gasteiger partial charge is 0.325 e. The number of nitrogens with two attached hydrogens (primary N) is 3. The van der Waals surface area contributed by atoms with Crippen LogP contribution in [-0.4, -0.2) is 52.8 Å². The Morgan fingerprint density at radius 1 is 1.00 bits per heavy atom. The summed E-state index contributed by atoms with van der Waals surface area (Å²) in [4.78, 5) is 56.1. The lowest BCUT2D eigenvalue weighted by Crippen LogP contribution is -2.54. The molecule has 0 fully saturated rings. The third-order valence-electron chi connectivity index (χ3n) is 2.80. The van der Waals surface area contributed by atoms with Crippen molar-refractivity contribution in [2.45, 2.75) is 44.3 Å². The lowest BCUT2D eigenvalue weighted by molar-refractivity contribution is -0.142. The first-order chi connectivity index (χ1) is 10.5. The van der Waals surface area contributed by atoms with Crippen molar-refractivity contribution in [3.63, 3.8) is 0 Å². The SMILES string of the molecule is CC(NC(=O)C(CCC(N)=O)NC(=O)C(N)CC(N)=O)C(=O)O. The molecule has 0 saturated carbocycles. The third kappa shape index (κ3) is 8.36. The molecule has 9 N–H and O–H groups in total. The van der Waals surface area contributed by atoms with E-state index in [1.54, 1.807) is 0 Å². The summed E-state index contributed by atoms with van der Waals surface area (Å²) in [7, 11) is 0. The summed E-state index contributed by atoms with van der Waals surface area (Å²) >= 11 is 0. The zero-order valence-corrected chi connectivity index (χ0v) is 12.6. The van der Waals surface area contributed by atoms with Crippen LogP contribution in [0.15, 0.2) is 0 Å². The number of primary amides is 2. The van der Waals surface area contributed by atoms with Crippen LogP contribution in [-0.2, 0) is 24.0 Å². The summed E-state index contributed by atoms with van der Waals surface area (Å²) in [5.74, 6) is -4.43. The number of carboxylic acid groups (broad SMARTS) is 1. The molecule has 0 aromatic carbocycles. The molecule has 4 amide bonds. The Balaban J connectivity index is 4.88. The highest BCUT2D eigenvalue weighted by molar-refractivity contribution is 5.93. The minimum Gasteiger partial charge on any atom is -0.480 e. The number of hydrogen-bond donors (Lipinski definition) is 6. The van der Waals surface area contributed by atoms with Gasteiger partial charge in [0, 0.05) is 6.42 Å². The molecule has 0 saturated heterocycles. The number of carbonyl (C=O) groups is 5. The first kappa shape index (κ1) is 20.3. The topological polar surface area (TPSA) is 208 Å².